The SMILES string of the molecule is O=C(CCOc1ccc(F)cc1Cl)Nc1nnc(C2CC2)s1. The number of aromatic nitrogens is 2. The summed E-state index contributed by atoms with van der Waals surface area (Å²) >= 11 is 7.24. The zero-order valence-corrected chi connectivity index (χ0v) is 13.1. The molecule has 0 bridgehead atoms. The zero-order chi connectivity index (χ0) is 15.5. The summed E-state index contributed by atoms with van der Waals surface area (Å²) in [5.74, 6) is 0.226. The minimum atomic E-state index is -0.433. The number of hydrogen-bond acceptors (Lipinski definition) is 5. The molecule has 0 radical (unpaired) electrons. The number of nitrogens with one attached hydrogen (secondary N) is 1. The highest BCUT2D eigenvalue weighted by molar-refractivity contribution is 7.15. The molecule has 0 aliphatic heterocycles. The second-order valence-electron chi connectivity index (χ2n) is 4.94. The molecule has 1 aromatic carbocycles. The predicted octanol–water partition coefficient (Wildman–Crippen LogP) is 3.62. The molecule has 1 N–H and O–H groups in total. The number of rotatable bonds is 6. The molecular weight excluding hydrogens is 329 g/mol. The first-order chi connectivity index (χ1) is 10.6. The second kappa shape index (κ2) is 6.58. The molecule has 2 aromatic rings. The summed E-state index contributed by atoms with van der Waals surface area (Å²) in [7, 11) is 0. The molecule has 0 saturated heterocycles. The minimum absolute atomic E-state index is 0.144. The fourth-order valence-electron chi connectivity index (χ4n) is 1.81. The highest BCUT2D eigenvalue weighted by atomic mass is 35.5. The van der Waals surface area contributed by atoms with E-state index in [-0.39, 0.29) is 24.0 Å². The lowest BCUT2D eigenvalue weighted by Gasteiger charge is -2.07. The lowest BCUT2D eigenvalue weighted by molar-refractivity contribution is -0.116. The second-order valence-corrected chi connectivity index (χ2v) is 6.36. The van der Waals surface area contributed by atoms with Gasteiger partial charge in [0.05, 0.1) is 18.1 Å². The van der Waals surface area contributed by atoms with E-state index in [0.717, 1.165) is 23.9 Å². The average molecular weight is 342 g/mol. The van der Waals surface area contributed by atoms with E-state index < -0.39 is 5.82 Å². The molecular formula is C14H13ClFN3O2S. The largest absolute Gasteiger partial charge is 0.491 e. The maximum absolute atomic E-state index is 12.9. The minimum Gasteiger partial charge on any atom is -0.491 e. The van der Waals surface area contributed by atoms with Crippen molar-refractivity contribution in [3.8, 4) is 5.75 Å². The molecule has 0 unspecified atom stereocenters. The summed E-state index contributed by atoms with van der Waals surface area (Å²) in [5.41, 5.74) is 0. The van der Waals surface area contributed by atoms with Gasteiger partial charge in [0.15, 0.2) is 0 Å². The first kappa shape index (κ1) is 15.2. The van der Waals surface area contributed by atoms with Crippen LogP contribution >= 0.6 is 22.9 Å². The fraction of sp³-hybridized carbons (Fsp3) is 0.357. The number of carbonyl (C=O) groups is 1. The standard InChI is InChI=1S/C14H13ClFN3O2S/c15-10-7-9(16)3-4-11(10)21-6-5-12(20)17-14-19-18-13(22-14)8-1-2-8/h3-4,7-8H,1-2,5-6H2,(H,17,19,20). The van der Waals surface area contributed by atoms with E-state index in [4.69, 9.17) is 16.3 Å². The highest BCUT2D eigenvalue weighted by Gasteiger charge is 2.27. The van der Waals surface area contributed by atoms with Crippen molar-refractivity contribution in [2.24, 2.45) is 0 Å². The van der Waals surface area contributed by atoms with E-state index >= 15 is 0 Å². The van der Waals surface area contributed by atoms with Gasteiger partial charge in [-0.05, 0) is 31.0 Å². The van der Waals surface area contributed by atoms with Crippen LogP contribution in [0.3, 0.4) is 0 Å². The summed E-state index contributed by atoms with van der Waals surface area (Å²) in [4.78, 5) is 11.8. The van der Waals surface area contributed by atoms with Crippen LogP contribution in [0.2, 0.25) is 5.02 Å². The molecule has 116 valence electrons. The number of amides is 1. The van der Waals surface area contributed by atoms with E-state index in [2.05, 4.69) is 15.5 Å². The van der Waals surface area contributed by atoms with Gasteiger partial charge >= 0.3 is 0 Å². The molecule has 0 atom stereocenters. The van der Waals surface area contributed by atoms with Crippen molar-refractivity contribution in [2.75, 3.05) is 11.9 Å². The van der Waals surface area contributed by atoms with Gasteiger partial charge in [-0.2, -0.15) is 0 Å². The topological polar surface area (TPSA) is 64.1 Å². The van der Waals surface area contributed by atoms with Gasteiger partial charge in [-0.1, -0.05) is 22.9 Å². The molecule has 1 heterocycles. The Kier molecular flexibility index (Phi) is 4.54. The van der Waals surface area contributed by atoms with Crippen LogP contribution in [-0.2, 0) is 4.79 Å². The summed E-state index contributed by atoms with van der Waals surface area (Å²) in [6.45, 7) is 0.144. The fourth-order valence-corrected chi connectivity index (χ4v) is 2.96. The van der Waals surface area contributed by atoms with Gasteiger partial charge in [0.2, 0.25) is 11.0 Å². The van der Waals surface area contributed by atoms with Gasteiger partial charge in [-0.3, -0.25) is 4.79 Å². The van der Waals surface area contributed by atoms with E-state index in [1.165, 1.54) is 23.5 Å². The number of halogens is 2. The molecule has 5 nitrogen and oxygen atoms in total. The Bertz CT molecular complexity index is 690. The highest BCUT2D eigenvalue weighted by Crippen LogP contribution is 2.42. The number of ether oxygens (including phenoxy) is 1. The summed E-state index contributed by atoms with van der Waals surface area (Å²) < 4.78 is 18.2. The van der Waals surface area contributed by atoms with Crippen LogP contribution in [0.5, 0.6) is 5.75 Å². The Morgan fingerprint density at radius 3 is 3.00 bits per heavy atom. The van der Waals surface area contributed by atoms with Crippen molar-refractivity contribution in [2.45, 2.75) is 25.2 Å². The third-order valence-electron chi connectivity index (χ3n) is 3.09. The van der Waals surface area contributed by atoms with Gasteiger partial charge in [-0.15, -0.1) is 10.2 Å². The smallest absolute Gasteiger partial charge is 0.229 e. The van der Waals surface area contributed by atoms with Crippen LogP contribution in [0.4, 0.5) is 9.52 Å². The van der Waals surface area contributed by atoms with Crippen LogP contribution in [0, 0.1) is 5.82 Å². The van der Waals surface area contributed by atoms with Crippen LogP contribution in [0.15, 0.2) is 18.2 Å². The number of anilines is 1. The van der Waals surface area contributed by atoms with Gasteiger partial charge in [0.1, 0.15) is 16.6 Å². The van der Waals surface area contributed by atoms with Crippen LogP contribution in [0.25, 0.3) is 0 Å². The molecule has 1 aromatic heterocycles. The first-order valence-corrected chi connectivity index (χ1v) is 8.02. The van der Waals surface area contributed by atoms with E-state index in [9.17, 15) is 9.18 Å². The number of carbonyl (C=O) groups excluding carboxylic acids is 1. The van der Waals surface area contributed by atoms with Crippen molar-refractivity contribution >= 4 is 34.0 Å². The zero-order valence-electron chi connectivity index (χ0n) is 11.5. The Morgan fingerprint density at radius 1 is 1.45 bits per heavy atom. The van der Waals surface area contributed by atoms with Crippen LogP contribution < -0.4 is 10.1 Å². The Morgan fingerprint density at radius 2 is 2.27 bits per heavy atom. The molecule has 1 amide bonds. The van der Waals surface area contributed by atoms with E-state index in [1.807, 2.05) is 0 Å². The van der Waals surface area contributed by atoms with Crippen molar-refractivity contribution in [3.05, 3.63) is 34.0 Å². The van der Waals surface area contributed by atoms with Gasteiger partial charge in [-0.25, -0.2) is 4.39 Å². The lowest BCUT2D eigenvalue weighted by Crippen LogP contribution is -2.15. The normalized spacial score (nSPS) is 13.9. The van der Waals surface area contributed by atoms with Gasteiger partial charge in [0, 0.05) is 5.92 Å². The average Bonchev–Trinajstić information content (AvgIpc) is 3.22. The lowest BCUT2D eigenvalue weighted by atomic mass is 10.3. The third kappa shape index (κ3) is 3.92. The Balaban J connectivity index is 1.45. The number of nitrogens with zero attached hydrogens (tertiary/aromatic N) is 2. The quantitative estimate of drug-likeness (QED) is 0.871. The van der Waals surface area contributed by atoms with E-state index in [1.54, 1.807) is 0 Å². The van der Waals surface area contributed by atoms with Gasteiger partial charge < -0.3 is 10.1 Å². The Labute approximate surface area is 135 Å². The Hall–Kier alpha value is -1.73. The van der Waals surface area contributed by atoms with Crippen LogP contribution in [-0.4, -0.2) is 22.7 Å². The third-order valence-corrected chi connectivity index (χ3v) is 4.39. The summed E-state index contributed by atoms with van der Waals surface area (Å²) in [6, 6.07) is 3.85. The molecule has 1 fully saturated rings. The van der Waals surface area contributed by atoms with Gasteiger partial charge in [0.25, 0.3) is 0 Å². The molecule has 8 heteroatoms. The number of benzene rings is 1. The molecule has 22 heavy (non-hydrogen) atoms. The molecule has 1 aliphatic carbocycles. The monoisotopic (exact) mass is 341 g/mol. The number of hydrogen-bond donors (Lipinski definition) is 1. The van der Waals surface area contributed by atoms with Crippen molar-refractivity contribution in [1.29, 1.82) is 0 Å². The van der Waals surface area contributed by atoms with E-state index in [0.29, 0.717) is 16.8 Å². The van der Waals surface area contributed by atoms with Crippen molar-refractivity contribution in [1.82, 2.24) is 10.2 Å². The molecule has 1 saturated carbocycles. The molecule has 0 spiro atoms. The maximum Gasteiger partial charge on any atom is 0.229 e. The first-order valence-electron chi connectivity index (χ1n) is 6.83. The molecule has 1 aliphatic rings. The summed E-state index contributed by atoms with van der Waals surface area (Å²) in [6.07, 6.45) is 2.44. The predicted molar refractivity (Wildman–Crippen MR) is 82.0 cm³/mol. The van der Waals surface area contributed by atoms with Crippen molar-refractivity contribution in [3.63, 3.8) is 0 Å². The molecule has 3 rings (SSSR count). The van der Waals surface area contributed by atoms with Crippen LogP contribution in [0.1, 0.15) is 30.2 Å². The summed E-state index contributed by atoms with van der Waals surface area (Å²) in [5, 5.41) is 12.3. The van der Waals surface area contributed by atoms with Crippen molar-refractivity contribution < 1.29 is 13.9 Å². The maximum atomic E-state index is 12.9.